The fraction of sp³-hybridized carbons (Fsp3) is 0.800. The van der Waals surface area contributed by atoms with Crippen LogP contribution in [0.3, 0.4) is 0 Å². The van der Waals surface area contributed by atoms with Crippen LogP contribution in [0.2, 0.25) is 0 Å². The van der Waals surface area contributed by atoms with Crippen molar-refractivity contribution in [1.82, 2.24) is 0 Å². The highest BCUT2D eigenvalue weighted by molar-refractivity contribution is 5.06. The van der Waals surface area contributed by atoms with Gasteiger partial charge in [0, 0.05) is 6.08 Å². The predicted molar refractivity (Wildman–Crippen MR) is 48.5 cm³/mol. The van der Waals surface area contributed by atoms with Gasteiger partial charge in [-0.1, -0.05) is 25.8 Å². The molecule has 0 nitrogen and oxygen atoms in total. The molecule has 0 aromatic heterocycles. The lowest BCUT2D eigenvalue weighted by atomic mass is 9.93. The van der Waals surface area contributed by atoms with E-state index in [-0.39, 0.29) is 5.92 Å². The molecule has 0 aliphatic rings. The number of rotatable bonds is 4. The molecule has 78 valence electrons. The third kappa shape index (κ3) is 5.72. The first-order valence-corrected chi connectivity index (χ1v) is 4.66. The molecule has 0 heterocycles. The molecule has 0 amide bonds. The first-order chi connectivity index (χ1) is 5.90. The molecule has 1 atom stereocenters. The number of hydrogen-bond acceptors (Lipinski definition) is 0. The summed E-state index contributed by atoms with van der Waals surface area (Å²) in [5.41, 5.74) is 0.455. The Kier molecular flexibility index (Phi) is 5.11. The van der Waals surface area contributed by atoms with Gasteiger partial charge in [-0.15, -0.1) is 0 Å². The topological polar surface area (TPSA) is 0 Å². The standard InChI is InChI=1S/C10H17F3/c1-4-6-9(5-2)8(3)7-10(11,12)13/h7,9H,4-6H2,1-3H3/b8-7+. The summed E-state index contributed by atoms with van der Waals surface area (Å²) in [4.78, 5) is 0. The minimum Gasteiger partial charge on any atom is -0.167 e. The molecular weight excluding hydrogens is 177 g/mol. The summed E-state index contributed by atoms with van der Waals surface area (Å²) >= 11 is 0. The Labute approximate surface area is 77.8 Å². The fourth-order valence-electron chi connectivity index (χ4n) is 1.48. The summed E-state index contributed by atoms with van der Waals surface area (Å²) in [5, 5.41) is 0. The molecule has 1 unspecified atom stereocenters. The van der Waals surface area contributed by atoms with E-state index in [0.29, 0.717) is 11.6 Å². The van der Waals surface area contributed by atoms with Gasteiger partial charge >= 0.3 is 6.18 Å². The lowest BCUT2D eigenvalue weighted by molar-refractivity contribution is -0.0809. The van der Waals surface area contributed by atoms with Crippen LogP contribution in [0, 0.1) is 5.92 Å². The quantitative estimate of drug-likeness (QED) is 0.584. The smallest absolute Gasteiger partial charge is 0.167 e. The summed E-state index contributed by atoms with van der Waals surface area (Å²) in [6.07, 6.45) is -1.18. The molecule has 0 N–H and O–H groups in total. The molecule has 0 spiro atoms. The molecule has 0 bridgehead atoms. The van der Waals surface area contributed by atoms with Crippen LogP contribution in [-0.4, -0.2) is 6.18 Å². The van der Waals surface area contributed by atoms with E-state index in [2.05, 4.69) is 0 Å². The van der Waals surface area contributed by atoms with Crippen LogP contribution >= 0.6 is 0 Å². The number of halogens is 3. The average Bonchev–Trinajstić information content (AvgIpc) is 1.96. The van der Waals surface area contributed by atoms with Gasteiger partial charge in [-0.2, -0.15) is 13.2 Å². The van der Waals surface area contributed by atoms with Crippen molar-refractivity contribution in [1.29, 1.82) is 0 Å². The van der Waals surface area contributed by atoms with E-state index < -0.39 is 6.18 Å². The number of alkyl halides is 3. The second-order valence-corrected chi connectivity index (χ2v) is 3.32. The number of hydrogen-bond donors (Lipinski definition) is 0. The first kappa shape index (κ1) is 12.5. The van der Waals surface area contributed by atoms with Crippen LogP contribution < -0.4 is 0 Å². The average molecular weight is 194 g/mol. The SMILES string of the molecule is CCCC(CC)/C(C)=C/C(F)(F)F. The summed E-state index contributed by atoms with van der Waals surface area (Å²) in [6, 6.07) is 0. The maximum absolute atomic E-state index is 12.0. The lowest BCUT2D eigenvalue weighted by Gasteiger charge is -2.15. The minimum absolute atomic E-state index is 0.0895. The molecule has 0 aliphatic heterocycles. The Balaban J connectivity index is 4.35. The highest BCUT2D eigenvalue weighted by Crippen LogP contribution is 2.26. The largest absolute Gasteiger partial charge is 0.409 e. The molecule has 0 fully saturated rings. The molecule has 0 aromatic rings. The van der Waals surface area contributed by atoms with E-state index in [1.807, 2.05) is 13.8 Å². The molecule has 0 saturated carbocycles. The zero-order valence-corrected chi connectivity index (χ0v) is 8.41. The Morgan fingerprint density at radius 1 is 1.31 bits per heavy atom. The third-order valence-electron chi connectivity index (χ3n) is 2.17. The predicted octanol–water partition coefficient (Wildman–Crippen LogP) is 4.32. The monoisotopic (exact) mass is 194 g/mol. The Morgan fingerprint density at radius 3 is 2.15 bits per heavy atom. The number of allylic oxidation sites excluding steroid dienone is 2. The summed E-state index contributed by atoms with van der Waals surface area (Å²) in [5.74, 6) is 0.0895. The van der Waals surface area contributed by atoms with Crippen molar-refractivity contribution in [2.75, 3.05) is 0 Å². The van der Waals surface area contributed by atoms with Gasteiger partial charge in [-0.25, -0.2) is 0 Å². The second-order valence-electron chi connectivity index (χ2n) is 3.32. The van der Waals surface area contributed by atoms with Crippen molar-refractivity contribution in [3.8, 4) is 0 Å². The Morgan fingerprint density at radius 2 is 1.85 bits per heavy atom. The van der Waals surface area contributed by atoms with E-state index >= 15 is 0 Å². The lowest BCUT2D eigenvalue weighted by Crippen LogP contribution is -2.07. The van der Waals surface area contributed by atoms with E-state index in [1.165, 1.54) is 0 Å². The van der Waals surface area contributed by atoms with Gasteiger partial charge in [0.2, 0.25) is 0 Å². The van der Waals surface area contributed by atoms with Gasteiger partial charge < -0.3 is 0 Å². The van der Waals surface area contributed by atoms with Crippen LogP contribution in [0.5, 0.6) is 0 Å². The van der Waals surface area contributed by atoms with Crippen LogP contribution in [0.1, 0.15) is 40.0 Å². The maximum atomic E-state index is 12.0. The molecule has 0 aliphatic carbocycles. The Hall–Kier alpha value is -0.470. The van der Waals surface area contributed by atoms with Crippen LogP contribution in [0.4, 0.5) is 13.2 Å². The normalized spacial score (nSPS) is 16.0. The van der Waals surface area contributed by atoms with Crippen molar-refractivity contribution in [3.05, 3.63) is 11.6 Å². The molecule has 3 heteroatoms. The van der Waals surface area contributed by atoms with E-state index in [0.717, 1.165) is 19.3 Å². The van der Waals surface area contributed by atoms with E-state index in [4.69, 9.17) is 0 Å². The molecule has 0 rings (SSSR count). The maximum Gasteiger partial charge on any atom is 0.409 e. The van der Waals surface area contributed by atoms with Crippen molar-refractivity contribution >= 4 is 0 Å². The van der Waals surface area contributed by atoms with Gasteiger partial charge in [-0.3, -0.25) is 0 Å². The Bertz CT molecular complexity index is 167. The summed E-state index contributed by atoms with van der Waals surface area (Å²) in [6.45, 7) is 5.48. The third-order valence-corrected chi connectivity index (χ3v) is 2.17. The summed E-state index contributed by atoms with van der Waals surface area (Å²) < 4.78 is 35.9. The van der Waals surface area contributed by atoms with Crippen LogP contribution in [-0.2, 0) is 0 Å². The second kappa shape index (κ2) is 5.30. The van der Waals surface area contributed by atoms with Crippen LogP contribution in [0.25, 0.3) is 0 Å². The summed E-state index contributed by atoms with van der Waals surface area (Å²) in [7, 11) is 0. The minimum atomic E-state index is -4.16. The van der Waals surface area contributed by atoms with Crippen molar-refractivity contribution < 1.29 is 13.2 Å². The van der Waals surface area contributed by atoms with Crippen molar-refractivity contribution in [2.45, 2.75) is 46.2 Å². The zero-order chi connectivity index (χ0) is 10.5. The first-order valence-electron chi connectivity index (χ1n) is 4.66. The van der Waals surface area contributed by atoms with Gasteiger partial charge in [0.05, 0.1) is 0 Å². The van der Waals surface area contributed by atoms with E-state index in [1.54, 1.807) is 6.92 Å². The fourth-order valence-corrected chi connectivity index (χ4v) is 1.48. The van der Waals surface area contributed by atoms with Gasteiger partial charge in [0.1, 0.15) is 0 Å². The molecule has 13 heavy (non-hydrogen) atoms. The molecule has 0 saturated heterocycles. The molecule has 0 aromatic carbocycles. The zero-order valence-electron chi connectivity index (χ0n) is 8.41. The van der Waals surface area contributed by atoms with Crippen LogP contribution in [0.15, 0.2) is 11.6 Å². The molecule has 0 radical (unpaired) electrons. The highest BCUT2D eigenvalue weighted by Gasteiger charge is 2.24. The van der Waals surface area contributed by atoms with Crippen molar-refractivity contribution in [2.24, 2.45) is 5.92 Å². The van der Waals surface area contributed by atoms with Gasteiger partial charge in [0.15, 0.2) is 0 Å². The highest BCUT2D eigenvalue weighted by atomic mass is 19.4. The van der Waals surface area contributed by atoms with Crippen molar-refractivity contribution in [3.63, 3.8) is 0 Å². The molecular formula is C10H17F3. The van der Waals surface area contributed by atoms with E-state index in [9.17, 15) is 13.2 Å². The van der Waals surface area contributed by atoms with Gasteiger partial charge in [-0.05, 0) is 25.7 Å². The van der Waals surface area contributed by atoms with Gasteiger partial charge in [0.25, 0.3) is 0 Å².